The van der Waals surface area contributed by atoms with Crippen LogP contribution in [0.5, 0.6) is 5.75 Å². The maximum absolute atomic E-state index is 13.8. The van der Waals surface area contributed by atoms with Crippen LogP contribution in [0.2, 0.25) is 0 Å². The molecule has 0 unspecified atom stereocenters. The highest BCUT2D eigenvalue weighted by atomic mass is 19.1. The predicted molar refractivity (Wildman–Crippen MR) is 145 cm³/mol. The molecule has 0 spiro atoms. The fraction of sp³-hybridized carbons (Fsp3) is 0.310. The molecule has 3 aromatic carbocycles. The van der Waals surface area contributed by atoms with Gasteiger partial charge < -0.3 is 19.9 Å². The van der Waals surface area contributed by atoms with Crippen LogP contribution in [0.25, 0.3) is 10.4 Å². The SMILES string of the molecule is [N-]=[N+]=NCc1ccccc1C[C@@]1(C(=O)NCCF)N=C(c2ccc(OCCCO)cc2)O[C@@H]1c1ccccc1. The van der Waals surface area contributed by atoms with Crippen molar-refractivity contribution in [1.82, 2.24) is 5.32 Å². The summed E-state index contributed by atoms with van der Waals surface area (Å²) in [6.45, 7) is -0.341. The average molecular weight is 532 g/mol. The van der Waals surface area contributed by atoms with Crippen molar-refractivity contribution >= 4 is 11.8 Å². The molecule has 0 radical (unpaired) electrons. The highest BCUT2D eigenvalue weighted by Crippen LogP contribution is 2.43. The Morgan fingerprint density at radius 3 is 2.51 bits per heavy atom. The molecule has 2 N–H and O–H groups in total. The normalized spacial score (nSPS) is 18.0. The number of aliphatic hydroxyl groups is 1. The van der Waals surface area contributed by atoms with E-state index in [-0.39, 0.29) is 32.0 Å². The van der Waals surface area contributed by atoms with E-state index in [1.54, 1.807) is 24.3 Å². The van der Waals surface area contributed by atoms with Crippen molar-refractivity contribution in [1.29, 1.82) is 0 Å². The third kappa shape index (κ3) is 6.54. The summed E-state index contributed by atoms with van der Waals surface area (Å²) in [4.78, 5) is 21.6. The molecule has 3 aromatic rings. The Morgan fingerprint density at radius 1 is 1.10 bits per heavy atom. The molecular weight excluding hydrogens is 501 g/mol. The van der Waals surface area contributed by atoms with Crippen LogP contribution in [0.3, 0.4) is 0 Å². The number of carbonyl (C=O) groups excluding carboxylic acids is 1. The van der Waals surface area contributed by atoms with Crippen molar-refractivity contribution in [2.24, 2.45) is 10.1 Å². The second-order valence-electron chi connectivity index (χ2n) is 8.98. The van der Waals surface area contributed by atoms with Gasteiger partial charge in [0.15, 0.2) is 11.6 Å². The fourth-order valence-corrected chi connectivity index (χ4v) is 4.51. The smallest absolute Gasteiger partial charge is 0.252 e. The minimum absolute atomic E-state index is 0.0438. The lowest BCUT2D eigenvalue weighted by Crippen LogP contribution is -2.50. The molecule has 1 amide bonds. The number of halogens is 1. The number of hydrogen-bond donors (Lipinski definition) is 2. The van der Waals surface area contributed by atoms with E-state index in [1.165, 1.54) is 0 Å². The van der Waals surface area contributed by atoms with E-state index in [0.717, 1.165) is 16.7 Å². The molecule has 1 heterocycles. The number of amides is 1. The summed E-state index contributed by atoms with van der Waals surface area (Å²) in [5.74, 6) is 0.435. The number of hydrogen-bond acceptors (Lipinski definition) is 6. The molecule has 2 atom stereocenters. The lowest BCUT2D eigenvalue weighted by atomic mass is 9.81. The van der Waals surface area contributed by atoms with Crippen LogP contribution < -0.4 is 10.1 Å². The molecule has 39 heavy (non-hydrogen) atoms. The molecule has 9 nitrogen and oxygen atoms in total. The molecule has 4 rings (SSSR count). The van der Waals surface area contributed by atoms with E-state index in [0.29, 0.717) is 24.3 Å². The molecule has 10 heteroatoms. The molecule has 0 bridgehead atoms. The van der Waals surface area contributed by atoms with E-state index in [9.17, 15) is 9.18 Å². The number of nitrogens with one attached hydrogen (secondary N) is 1. The number of nitrogens with zero attached hydrogens (tertiary/aromatic N) is 4. The van der Waals surface area contributed by atoms with Crippen LogP contribution in [0.15, 0.2) is 89.0 Å². The first kappa shape index (κ1) is 27.6. The van der Waals surface area contributed by atoms with Crippen molar-refractivity contribution in [3.63, 3.8) is 0 Å². The number of azide groups is 1. The molecule has 0 aliphatic carbocycles. The lowest BCUT2D eigenvalue weighted by Gasteiger charge is -2.31. The summed E-state index contributed by atoms with van der Waals surface area (Å²) in [7, 11) is 0. The quantitative estimate of drug-likeness (QED) is 0.141. The highest BCUT2D eigenvalue weighted by Gasteiger charge is 2.53. The fourth-order valence-electron chi connectivity index (χ4n) is 4.51. The van der Waals surface area contributed by atoms with Crippen LogP contribution in [-0.2, 0) is 22.5 Å². The van der Waals surface area contributed by atoms with Crippen LogP contribution in [0.4, 0.5) is 4.39 Å². The first-order valence-electron chi connectivity index (χ1n) is 12.7. The maximum Gasteiger partial charge on any atom is 0.252 e. The van der Waals surface area contributed by atoms with Crippen LogP contribution in [0, 0.1) is 0 Å². The zero-order valence-electron chi connectivity index (χ0n) is 21.4. The molecule has 0 saturated heterocycles. The van der Waals surface area contributed by atoms with E-state index >= 15 is 0 Å². The van der Waals surface area contributed by atoms with E-state index in [2.05, 4.69) is 15.3 Å². The first-order valence-corrected chi connectivity index (χ1v) is 12.7. The second kappa shape index (κ2) is 13.4. The molecule has 202 valence electrons. The zero-order chi connectivity index (χ0) is 27.5. The number of aliphatic imine (C=N–C) groups is 1. The summed E-state index contributed by atoms with van der Waals surface area (Å²) in [5, 5.41) is 15.4. The van der Waals surface area contributed by atoms with Crippen molar-refractivity contribution in [3.05, 3.63) is 112 Å². The third-order valence-electron chi connectivity index (χ3n) is 6.39. The Labute approximate surface area is 225 Å². The number of rotatable bonds is 13. The van der Waals surface area contributed by atoms with Gasteiger partial charge >= 0.3 is 0 Å². The van der Waals surface area contributed by atoms with Gasteiger partial charge in [0, 0.05) is 36.5 Å². The van der Waals surface area contributed by atoms with Crippen molar-refractivity contribution in [2.45, 2.75) is 31.0 Å². The third-order valence-corrected chi connectivity index (χ3v) is 6.39. The zero-order valence-corrected chi connectivity index (χ0v) is 21.4. The van der Waals surface area contributed by atoms with Crippen LogP contribution in [0.1, 0.15) is 34.8 Å². The van der Waals surface area contributed by atoms with E-state index in [1.807, 2.05) is 54.6 Å². The van der Waals surface area contributed by atoms with Gasteiger partial charge in [-0.1, -0.05) is 59.7 Å². The molecule has 0 fully saturated rings. The second-order valence-corrected chi connectivity index (χ2v) is 8.98. The lowest BCUT2D eigenvalue weighted by molar-refractivity contribution is -0.129. The standard InChI is InChI=1S/C29H30FN5O4/c30-15-16-32-28(37)29(19-23-9-4-5-10-24(23)20-33-35-31)26(21-7-2-1-3-8-21)39-27(34-29)22-11-13-25(14-12-22)38-18-6-17-36/h1-5,7-14,26,36H,6,15-20H2,(H,32,37)/t26-,29-/m1/s1. The Morgan fingerprint density at radius 2 is 1.82 bits per heavy atom. The molecule has 0 saturated carbocycles. The van der Waals surface area contributed by atoms with E-state index < -0.39 is 24.2 Å². The van der Waals surface area contributed by atoms with Gasteiger partial charge in [0.1, 0.15) is 12.4 Å². The van der Waals surface area contributed by atoms with Gasteiger partial charge in [0.25, 0.3) is 5.91 Å². The number of benzene rings is 3. The topological polar surface area (TPSA) is 129 Å². The van der Waals surface area contributed by atoms with Gasteiger partial charge in [-0.3, -0.25) is 4.79 Å². The first-order chi connectivity index (χ1) is 19.1. The summed E-state index contributed by atoms with van der Waals surface area (Å²) in [6.07, 6.45) is -0.150. The van der Waals surface area contributed by atoms with Gasteiger partial charge in [-0.05, 0) is 46.5 Å². The Hall–Kier alpha value is -4.40. The Balaban J connectivity index is 1.79. The van der Waals surface area contributed by atoms with Gasteiger partial charge in [0.2, 0.25) is 5.90 Å². The molecule has 1 aliphatic heterocycles. The van der Waals surface area contributed by atoms with Gasteiger partial charge in [-0.25, -0.2) is 9.38 Å². The monoisotopic (exact) mass is 531 g/mol. The summed E-state index contributed by atoms with van der Waals surface area (Å²) in [5.41, 5.74) is 10.3. The number of carbonyl (C=O) groups is 1. The van der Waals surface area contributed by atoms with Gasteiger partial charge in [0.05, 0.1) is 13.2 Å². The van der Waals surface area contributed by atoms with Crippen molar-refractivity contribution < 1.29 is 23.8 Å². The largest absolute Gasteiger partial charge is 0.494 e. The molecular formula is C29H30FN5O4. The van der Waals surface area contributed by atoms with Gasteiger partial charge in [-0.2, -0.15) is 0 Å². The number of aliphatic hydroxyl groups excluding tert-OH is 1. The summed E-state index contributed by atoms with van der Waals surface area (Å²) >= 11 is 0. The average Bonchev–Trinajstić information content (AvgIpc) is 3.37. The molecule has 0 aromatic heterocycles. The van der Waals surface area contributed by atoms with Gasteiger partial charge in [-0.15, -0.1) is 0 Å². The summed E-state index contributed by atoms with van der Waals surface area (Å²) < 4.78 is 25.2. The van der Waals surface area contributed by atoms with Crippen LogP contribution in [-0.4, -0.2) is 48.9 Å². The predicted octanol–water partition coefficient (Wildman–Crippen LogP) is 4.84. The minimum atomic E-state index is -1.46. The Bertz CT molecular complexity index is 1330. The van der Waals surface area contributed by atoms with Crippen molar-refractivity contribution in [2.75, 3.05) is 26.4 Å². The Kier molecular flexibility index (Phi) is 9.50. The highest BCUT2D eigenvalue weighted by molar-refractivity contribution is 6.01. The number of alkyl halides is 1. The summed E-state index contributed by atoms with van der Waals surface area (Å²) in [6, 6.07) is 23.8. The van der Waals surface area contributed by atoms with Crippen LogP contribution >= 0.6 is 0 Å². The maximum atomic E-state index is 13.8. The molecule has 1 aliphatic rings. The minimum Gasteiger partial charge on any atom is -0.494 e. The number of ether oxygens (including phenoxy) is 2. The van der Waals surface area contributed by atoms with E-state index in [4.69, 9.17) is 25.1 Å². The van der Waals surface area contributed by atoms with Crippen molar-refractivity contribution in [3.8, 4) is 5.75 Å².